The van der Waals surface area contributed by atoms with E-state index in [4.69, 9.17) is 11.6 Å². The number of amides is 2. The third-order valence-electron chi connectivity index (χ3n) is 4.72. The van der Waals surface area contributed by atoms with Crippen LogP contribution in [0.25, 0.3) is 11.3 Å². The van der Waals surface area contributed by atoms with Gasteiger partial charge in [-0.25, -0.2) is 5.10 Å². The van der Waals surface area contributed by atoms with Gasteiger partial charge in [0.05, 0.1) is 11.6 Å². The normalized spacial score (nSPS) is 16.1. The van der Waals surface area contributed by atoms with Crippen molar-refractivity contribution in [2.45, 2.75) is 6.42 Å². The van der Waals surface area contributed by atoms with E-state index in [1.165, 1.54) is 6.07 Å². The molecule has 1 fully saturated rings. The van der Waals surface area contributed by atoms with Crippen LogP contribution in [0.15, 0.2) is 65.5 Å². The predicted molar refractivity (Wildman–Crippen MR) is 111 cm³/mol. The van der Waals surface area contributed by atoms with Gasteiger partial charge in [0.15, 0.2) is 0 Å². The summed E-state index contributed by atoms with van der Waals surface area (Å²) in [6.45, 7) is 0.298. The standard InChI is InChI=1S/C21H17ClN4O3/c22-15-4-2-6-17(11-15)26-12-14(10-20(26)28)21(29)23-16-5-1-3-13(9-16)18-7-8-19(27)25-24-18/h1-9,11,14H,10,12H2,(H,23,29)(H,25,27). The van der Waals surface area contributed by atoms with Gasteiger partial charge in [0.2, 0.25) is 11.8 Å². The van der Waals surface area contributed by atoms with Gasteiger partial charge in [0, 0.05) is 41.0 Å². The van der Waals surface area contributed by atoms with Gasteiger partial charge >= 0.3 is 0 Å². The van der Waals surface area contributed by atoms with E-state index in [0.717, 1.165) is 5.56 Å². The molecule has 8 heteroatoms. The number of rotatable bonds is 4. The minimum atomic E-state index is -0.462. The molecule has 1 aromatic heterocycles. The van der Waals surface area contributed by atoms with Gasteiger partial charge in [-0.1, -0.05) is 29.8 Å². The van der Waals surface area contributed by atoms with E-state index < -0.39 is 5.92 Å². The number of carbonyl (C=O) groups excluding carboxylic acids is 2. The lowest BCUT2D eigenvalue weighted by Crippen LogP contribution is -2.28. The molecule has 2 N–H and O–H groups in total. The third kappa shape index (κ3) is 4.20. The molecule has 146 valence electrons. The predicted octanol–water partition coefficient (Wildman–Crippen LogP) is 3.08. The van der Waals surface area contributed by atoms with Gasteiger partial charge in [-0.05, 0) is 36.4 Å². The maximum absolute atomic E-state index is 12.7. The van der Waals surface area contributed by atoms with Crippen molar-refractivity contribution in [1.82, 2.24) is 10.2 Å². The monoisotopic (exact) mass is 408 g/mol. The van der Waals surface area contributed by atoms with Crippen LogP contribution in [0.5, 0.6) is 0 Å². The molecule has 2 aromatic carbocycles. The molecule has 29 heavy (non-hydrogen) atoms. The first kappa shape index (κ1) is 18.9. The zero-order chi connectivity index (χ0) is 20.4. The summed E-state index contributed by atoms with van der Waals surface area (Å²) in [5.41, 5.74) is 2.33. The Morgan fingerprint density at radius 3 is 2.69 bits per heavy atom. The molecule has 1 atom stereocenters. The van der Waals surface area contributed by atoms with Crippen molar-refractivity contribution >= 4 is 34.8 Å². The first-order valence-corrected chi connectivity index (χ1v) is 9.40. The zero-order valence-electron chi connectivity index (χ0n) is 15.3. The van der Waals surface area contributed by atoms with Crippen molar-refractivity contribution < 1.29 is 9.59 Å². The van der Waals surface area contributed by atoms with Gasteiger partial charge in [-0.2, -0.15) is 5.10 Å². The Morgan fingerprint density at radius 1 is 1.10 bits per heavy atom. The maximum atomic E-state index is 12.7. The van der Waals surface area contributed by atoms with Crippen molar-refractivity contribution in [3.63, 3.8) is 0 Å². The second-order valence-corrected chi connectivity index (χ2v) is 7.20. The van der Waals surface area contributed by atoms with Gasteiger partial charge in [0.25, 0.3) is 5.56 Å². The lowest BCUT2D eigenvalue weighted by molar-refractivity contribution is -0.122. The summed E-state index contributed by atoms with van der Waals surface area (Å²) >= 11 is 6.01. The number of anilines is 2. The van der Waals surface area contributed by atoms with Crippen LogP contribution in [0.4, 0.5) is 11.4 Å². The van der Waals surface area contributed by atoms with Gasteiger partial charge in [0.1, 0.15) is 0 Å². The topological polar surface area (TPSA) is 95.2 Å². The number of nitrogens with zero attached hydrogens (tertiary/aromatic N) is 2. The quantitative estimate of drug-likeness (QED) is 0.693. The lowest BCUT2D eigenvalue weighted by Gasteiger charge is -2.17. The highest BCUT2D eigenvalue weighted by molar-refractivity contribution is 6.31. The van der Waals surface area contributed by atoms with Crippen molar-refractivity contribution in [2.75, 3.05) is 16.8 Å². The molecule has 1 aliphatic heterocycles. The molecule has 4 rings (SSSR count). The highest BCUT2D eigenvalue weighted by Gasteiger charge is 2.35. The molecule has 0 saturated carbocycles. The fraction of sp³-hybridized carbons (Fsp3) is 0.143. The third-order valence-corrected chi connectivity index (χ3v) is 4.96. The smallest absolute Gasteiger partial charge is 0.264 e. The van der Waals surface area contributed by atoms with Crippen LogP contribution < -0.4 is 15.8 Å². The fourth-order valence-corrected chi connectivity index (χ4v) is 3.47. The highest BCUT2D eigenvalue weighted by Crippen LogP contribution is 2.28. The number of H-pyrrole nitrogens is 1. The van der Waals surface area contributed by atoms with Crippen molar-refractivity contribution in [3.8, 4) is 11.3 Å². The summed E-state index contributed by atoms with van der Waals surface area (Å²) in [5.74, 6) is -0.801. The molecule has 0 spiro atoms. The van der Waals surface area contributed by atoms with E-state index >= 15 is 0 Å². The largest absolute Gasteiger partial charge is 0.326 e. The van der Waals surface area contributed by atoms with Crippen LogP contribution in [0.1, 0.15) is 6.42 Å². The molecule has 2 amide bonds. The number of aromatic amines is 1. The number of hydrogen-bond donors (Lipinski definition) is 2. The molecule has 1 unspecified atom stereocenters. The molecule has 1 aliphatic rings. The summed E-state index contributed by atoms with van der Waals surface area (Å²) in [7, 11) is 0. The van der Waals surface area contributed by atoms with E-state index in [-0.39, 0.29) is 23.8 Å². The number of benzene rings is 2. The van der Waals surface area contributed by atoms with Gasteiger partial charge in [-0.3, -0.25) is 14.4 Å². The average Bonchev–Trinajstić information content (AvgIpc) is 3.11. The van der Waals surface area contributed by atoms with E-state index in [1.807, 2.05) is 6.07 Å². The summed E-state index contributed by atoms with van der Waals surface area (Å²) in [6, 6.07) is 17.2. The van der Waals surface area contributed by atoms with Crippen LogP contribution in [0.2, 0.25) is 5.02 Å². The molecule has 1 saturated heterocycles. The van der Waals surface area contributed by atoms with Crippen LogP contribution in [-0.2, 0) is 9.59 Å². The van der Waals surface area contributed by atoms with E-state index in [1.54, 1.807) is 53.4 Å². The Labute approximate surface area is 171 Å². The molecule has 0 aliphatic carbocycles. The van der Waals surface area contributed by atoms with Crippen LogP contribution in [-0.4, -0.2) is 28.6 Å². The SMILES string of the molecule is O=C(Nc1cccc(-c2ccc(=O)[nH]n2)c1)C1CC(=O)N(c2cccc(Cl)c2)C1. The molecule has 0 bridgehead atoms. The van der Waals surface area contributed by atoms with Crippen molar-refractivity contribution in [2.24, 2.45) is 5.92 Å². The minimum Gasteiger partial charge on any atom is -0.326 e. The summed E-state index contributed by atoms with van der Waals surface area (Å²) in [6.07, 6.45) is 0.138. The maximum Gasteiger partial charge on any atom is 0.264 e. The Kier molecular flexibility index (Phi) is 5.14. The second-order valence-electron chi connectivity index (χ2n) is 6.76. The van der Waals surface area contributed by atoms with Crippen molar-refractivity contribution in [3.05, 3.63) is 76.0 Å². The van der Waals surface area contributed by atoms with Crippen LogP contribution in [0.3, 0.4) is 0 Å². The average molecular weight is 409 g/mol. The Hall–Kier alpha value is -3.45. The molecule has 2 heterocycles. The summed E-state index contributed by atoms with van der Waals surface area (Å²) in [4.78, 5) is 37.9. The van der Waals surface area contributed by atoms with E-state index in [2.05, 4.69) is 15.5 Å². The van der Waals surface area contributed by atoms with Crippen LogP contribution >= 0.6 is 11.6 Å². The van der Waals surface area contributed by atoms with Crippen LogP contribution in [0, 0.1) is 5.92 Å². The first-order valence-electron chi connectivity index (χ1n) is 9.02. The number of aromatic nitrogens is 2. The molecule has 7 nitrogen and oxygen atoms in total. The second kappa shape index (κ2) is 7.89. The molecular formula is C21H17ClN4O3. The van der Waals surface area contributed by atoms with Crippen molar-refractivity contribution in [1.29, 1.82) is 0 Å². The number of nitrogens with one attached hydrogen (secondary N) is 2. The number of carbonyl (C=O) groups is 2. The minimum absolute atomic E-state index is 0.112. The Morgan fingerprint density at radius 2 is 1.93 bits per heavy atom. The number of hydrogen-bond acceptors (Lipinski definition) is 4. The van der Waals surface area contributed by atoms with E-state index in [0.29, 0.717) is 28.6 Å². The number of halogens is 1. The Balaban J connectivity index is 1.47. The molecular weight excluding hydrogens is 392 g/mol. The molecule has 3 aromatic rings. The summed E-state index contributed by atoms with van der Waals surface area (Å²) in [5, 5.41) is 9.79. The zero-order valence-corrected chi connectivity index (χ0v) is 16.0. The summed E-state index contributed by atoms with van der Waals surface area (Å²) < 4.78 is 0. The highest BCUT2D eigenvalue weighted by atomic mass is 35.5. The lowest BCUT2D eigenvalue weighted by atomic mass is 10.1. The Bertz CT molecular complexity index is 1120. The molecule has 0 radical (unpaired) electrons. The fourth-order valence-electron chi connectivity index (χ4n) is 3.28. The van der Waals surface area contributed by atoms with E-state index in [9.17, 15) is 14.4 Å². The van der Waals surface area contributed by atoms with Gasteiger partial charge in [-0.15, -0.1) is 0 Å². The first-order chi connectivity index (χ1) is 14.0. The van der Waals surface area contributed by atoms with Gasteiger partial charge < -0.3 is 10.2 Å².